The highest BCUT2D eigenvalue weighted by Crippen LogP contribution is 2.21. The van der Waals surface area contributed by atoms with Gasteiger partial charge < -0.3 is 19.4 Å². The number of benzene rings is 1. The van der Waals surface area contributed by atoms with Crippen LogP contribution in [0.15, 0.2) is 30.3 Å². The highest BCUT2D eigenvalue weighted by atomic mass is 16.5. The molecular weight excluding hydrogens is 348 g/mol. The summed E-state index contributed by atoms with van der Waals surface area (Å²) in [5.74, 6) is -1.57. The van der Waals surface area contributed by atoms with Crippen molar-refractivity contribution in [1.29, 1.82) is 0 Å². The number of Topliss-reactive ketones (excluding diaryl/α,β-unsaturated/α-hetero) is 1. The predicted molar refractivity (Wildman–Crippen MR) is 99.1 cm³/mol. The Morgan fingerprint density at radius 2 is 1.74 bits per heavy atom. The molecule has 27 heavy (non-hydrogen) atoms. The zero-order chi connectivity index (χ0) is 19.7. The number of esters is 2. The van der Waals surface area contributed by atoms with E-state index in [0.29, 0.717) is 16.8 Å². The topological polar surface area (TPSA) is 101 Å². The molecule has 0 bridgehead atoms. The van der Waals surface area contributed by atoms with Crippen LogP contribution in [0.25, 0.3) is 10.9 Å². The standard InChI is InChI=1S/C20H20N2O5/c1-10-16(20(25)26-4)11(2)21-17(10)18(23)12(3)27-19(24)15-9-13-7-5-6-8-14(13)22-15/h5-9,12,21-22H,1-4H3/t12-/m0/s1. The van der Waals surface area contributed by atoms with Crippen molar-refractivity contribution in [2.45, 2.75) is 26.9 Å². The molecule has 0 saturated heterocycles. The largest absolute Gasteiger partial charge is 0.465 e. The van der Waals surface area contributed by atoms with Gasteiger partial charge in [-0.1, -0.05) is 18.2 Å². The third-order valence-corrected chi connectivity index (χ3v) is 4.48. The minimum Gasteiger partial charge on any atom is -0.465 e. The number of carbonyl (C=O) groups excluding carboxylic acids is 3. The average molecular weight is 368 g/mol. The highest BCUT2D eigenvalue weighted by Gasteiger charge is 2.27. The number of para-hydroxylation sites is 1. The molecule has 0 saturated carbocycles. The van der Waals surface area contributed by atoms with Crippen LogP contribution in [0.2, 0.25) is 0 Å². The third kappa shape index (κ3) is 3.36. The Morgan fingerprint density at radius 1 is 1.04 bits per heavy atom. The Bertz CT molecular complexity index is 1010. The molecule has 7 heteroatoms. The Hall–Kier alpha value is -3.35. The van der Waals surface area contributed by atoms with Crippen molar-refractivity contribution in [3.63, 3.8) is 0 Å². The molecule has 3 rings (SSSR count). The Morgan fingerprint density at radius 3 is 2.41 bits per heavy atom. The van der Waals surface area contributed by atoms with Crippen molar-refractivity contribution in [3.05, 3.63) is 58.5 Å². The van der Waals surface area contributed by atoms with Crippen LogP contribution in [0.5, 0.6) is 0 Å². The van der Waals surface area contributed by atoms with Gasteiger partial charge in [-0.25, -0.2) is 9.59 Å². The molecule has 0 fully saturated rings. The van der Waals surface area contributed by atoms with Crippen molar-refractivity contribution < 1.29 is 23.9 Å². The monoisotopic (exact) mass is 368 g/mol. The fourth-order valence-corrected chi connectivity index (χ4v) is 3.07. The van der Waals surface area contributed by atoms with Crippen LogP contribution in [0.4, 0.5) is 0 Å². The van der Waals surface area contributed by atoms with Crippen LogP contribution >= 0.6 is 0 Å². The summed E-state index contributed by atoms with van der Waals surface area (Å²) in [6.07, 6.45) is -1.02. The number of carbonyl (C=O) groups is 3. The van der Waals surface area contributed by atoms with Gasteiger partial charge in [-0.15, -0.1) is 0 Å². The van der Waals surface area contributed by atoms with Crippen molar-refractivity contribution in [1.82, 2.24) is 9.97 Å². The lowest BCUT2D eigenvalue weighted by Crippen LogP contribution is -2.25. The van der Waals surface area contributed by atoms with Crippen molar-refractivity contribution in [3.8, 4) is 0 Å². The number of ketones is 1. The fourth-order valence-electron chi connectivity index (χ4n) is 3.07. The molecule has 7 nitrogen and oxygen atoms in total. The number of ether oxygens (including phenoxy) is 2. The quantitative estimate of drug-likeness (QED) is 0.531. The molecule has 2 heterocycles. The van der Waals surface area contributed by atoms with Gasteiger partial charge in [0.25, 0.3) is 0 Å². The summed E-state index contributed by atoms with van der Waals surface area (Å²) in [5.41, 5.74) is 2.61. The number of hydrogen-bond donors (Lipinski definition) is 2. The number of methoxy groups -OCH3 is 1. The summed E-state index contributed by atoms with van der Waals surface area (Å²) in [5, 5.41) is 0.877. The van der Waals surface area contributed by atoms with Gasteiger partial charge in [-0.2, -0.15) is 0 Å². The first-order chi connectivity index (χ1) is 12.8. The molecular formula is C20H20N2O5. The Balaban J connectivity index is 1.79. The lowest BCUT2D eigenvalue weighted by Gasteiger charge is -2.11. The van der Waals surface area contributed by atoms with Gasteiger partial charge in [0.15, 0.2) is 6.10 Å². The summed E-state index contributed by atoms with van der Waals surface area (Å²) < 4.78 is 10.1. The van der Waals surface area contributed by atoms with Gasteiger partial charge in [0, 0.05) is 16.6 Å². The van der Waals surface area contributed by atoms with Crippen LogP contribution in [-0.4, -0.2) is 40.9 Å². The van der Waals surface area contributed by atoms with E-state index in [1.807, 2.05) is 24.3 Å². The smallest absolute Gasteiger partial charge is 0.355 e. The van der Waals surface area contributed by atoms with Crippen LogP contribution in [0.3, 0.4) is 0 Å². The van der Waals surface area contributed by atoms with E-state index >= 15 is 0 Å². The van der Waals surface area contributed by atoms with Gasteiger partial charge in [-0.3, -0.25) is 4.79 Å². The number of fused-ring (bicyclic) bond motifs is 1. The second-order valence-corrected chi connectivity index (χ2v) is 6.30. The average Bonchev–Trinajstić information content (AvgIpc) is 3.21. The number of aromatic amines is 2. The molecule has 0 radical (unpaired) electrons. The maximum absolute atomic E-state index is 12.7. The van der Waals surface area contributed by atoms with Crippen LogP contribution < -0.4 is 0 Å². The molecule has 2 N–H and O–H groups in total. The molecule has 0 unspecified atom stereocenters. The number of aryl methyl sites for hydroxylation is 1. The van der Waals surface area contributed by atoms with Gasteiger partial charge >= 0.3 is 11.9 Å². The number of nitrogens with one attached hydrogen (secondary N) is 2. The number of hydrogen-bond acceptors (Lipinski definition) is 5. The van der Waals surface area contributed by atoms with E-state index in [1.165, 1.54) is 14.0 Å². The molecule has 3 aromatic rings. The SMILES string of the molecule is COC(=O)c1c(C)[nH]c(C(=O)[C@H](C)OC(=O)c2cc3ccccc3[nH]2)c1C. The summed E-state index contributed by atoms with van der Waals surface area (Å²) in [7, 11) is 1.28. The minimum atomic E-state index is -1.02. The van der Waals surface area contributed by atoms with E-state index < -0.39 is 23.8 Å². The Labute approximate surface area is 155 Å². The zero-order valence-corrected chi connectivity index (χ0v) is 15.5. The van der Waals surface area contributed by atoms with Crippen LogP contribution in [-0.2, 0) is 9.47 Å². The maximum Gasteiger partial charge on any atom is 0.355 e. The summed E-state index contributed by atoms with van der Waals surface area (Å²) >= 11 is 0. The molecule has 0 amide bonds. The third-order valence-electron chi connectivity index (χ3n) is 4.48. The molecule has 2 aromatic heterocycles. The maximum atomic E-state index is 12.7. The van der Waals surface area contributed by atoms with Crippen molar-refractivity contribution >= 4 is 28.6 Å². The first kappa shape index (κ1) is 18.4. The van der Waals surface area contributed by atoms with Gasteiger partial charge in [0.1, 0.15) is 5.69 Å². The number of rotatable bonds is 5. The van der Waals surface area contributed by atoms with Gasteiger partial charge in [0.05, 0.1) is 18.4 Å². The van der Waals surface area contributed by atoms with Crippen LogP contribution in [0.1, 0.15) is 49.5 Å². The second-order valence-electron chi connectivity index (χ2n) is 6.30. The molecule has 1 atom stereocenters. The number of H-pyrrole nitrogens is 2. The van der Waals surface area contributed by atoms with E-state index in [1.54, 1.807) is 19.9 Å². The van der Waals surface area contributed by atoms with Gasteiger partial charge in [-0.05, 0) is 38.5 Å². The summed E-state index contributed by atoms with van der Waals surface area (Å²) in [6.45, 7) is 4.82. The van der Waals surface area contributed by atoms with E-state index in [4.69, 9.17) is 9.47 Å². The van der Waals surface area contributed by atoms with E-state index in [2.05, 4.69) is 9.97 Å². The fraction of sp³-hybridized carbons (Fsp3) is 0.250. The Kier molecular flexibility index (Phi) is 4.85. The molecule has 0 aliphatic rings. The lowest BCUT2D eigenvalue weighted by molar-refractivity contribution is 0.0312. The highest BCUT2D eigenvalue weighted by molar-refractivity contribution is 6.04. The first-order valence-corrected chi connectivity index (χ1v) is 8.44. The number of aromatic nitrogens is 2. The van der Waals surface area contributed by atoms with Crippen LogP contribution in [0, 0.1) is 13.8 Å². The zero-order valence-electron chi connectivity index (χ0n) is 15.5. The molecule has 0 spiro atoms. The summed E-state index contributed by atoms with van der Waals surface area (Å²) in [6, 6.07) is 9.12. The van der Waals surface area contributed by atoms with E-state index in [9.17, 15) is 14.4 Å². The van der Waals surface area contributed by atoms with Crippen molar-refractivity contribution in [2.24, 2.45) is 0 Å². The first-order valence-electron chi connectivity index (χ1n) is 8.44. The van der Waals surface area contributed by atoms with Gasteiger partial charge in [0.2, 0.25) is 5.78 Å². The molecule has 0 aliphatic carbocycles. The normalized spacial score (nSPS) is 12.0. The minimum absolute atomic E-state index is 0.227. The molecule has 0 aliphatic heterocycles. The lowest BCUT2D eigenvalue weighted by atomic mass is 10.1. The van der Waals surface area contributed by atoms with Crippen molar-refractivity contribution in [2.75, 3.05) is 7.11 Å². The van der Waals surface area contributed by atoms with E-state index in [0.717, 1.165) is 10.9 Å². The summed E-state index contributed by atoms with van der Waals surface area (Å²) in [4.78, 5) is 42.8. The second kappa shape index (κ2) is 7.11. The molecule has 1 aromatic carbocycles. The molecule has 140 valence electrons. The van der Waals surface area contributed by atoms with E-state index in [-0.39, 0.29) is 11.4 Å². The predicted octanol–water partition coefficient (Wildman–Crippen LogP) is 3.33.